The van der Waals surface area contributed by atoms with Crippen LogP contribution in [0.25, 0.3) is 0 Å². The van der Waals surface area contributed by atoms with Crippen LogP contribution >= 0.6 is 0 Å². The average molecular weight is 460 g/mol. The fourth-order valence-electron chi connectivity index (χ4n) is 4.61. The van der Waals surface area contributed by atoms with Crippen molar-refractivity contribution in [2.75, 3.05) is 23.3 Å². The van der Waals surface area contributed by atoms with Gasteiger partial charge in [-0.05, 0) is 45.7 Å². The largest absolute Gasteiger partial charge is 0.324 e. The van der Waals surface area contributed by atoms with E-state index in [1.807, 2.05) is 13.0 Å². The summed E-state index contributed by atoms with van der Waals surface area (Å²) in [6.07, 6.45) is 2.91. The van der Waals surface area contributed by atoms with Crippen molar-refractivity contribution in [3.8, 4) is 0 Å². The molecule has 1 atom stereocenters. The quantitative estimate of drug-likeness (QED) is 0.756. The molecule has 1 aromatic carbocycles. The van der Waals surface area contributed by atoms with Crippen LogP contribution in [0.15, 0.2) is 29.2 Å². The maximum Gasteiger partial charge on any atom is 0.249 e. The molecule has 172 valence electrons. The third kappa shape index (κ3) is 4.04. The van der Waals surface area contributed by atoms with E-state index in [2.05, 4.69) is 10.4 Å². The van der Waals surface area contributed by atoms with E-state index in [0.717, 1.165) is 19.3 Å². The summed E-state index contributed by atoms with van der Waals surface area (Å²) in [6.45, 7) is 6.08. The second-order valence-electron chi connectivity index (χ2n) is 8.50. The number of nitrogens with one attached hydrogen (secondary N) is 1. The van der Waals surface area contributed by atoms with Crippen molar-refractivity contribution in [3.05, 3.63) is 35.7 Å². The van der Waals surface area contributed by atoms with Gasteiger partial charge in [0.05, 0.1) is 22.8 Å². The highest BCUT2D eigenvalue weighted by Gasteiger charge is 2.34. The third-order valence-electron chi connectivity index (χ3n) is 6.14. The molecule has 2 amide bonds. The molecule has 1 saturated heterocycles. The minimum atomic E-state index is -3.67. The van der Waals surface area contributed by atoms with Crippen molar-refractivity contribution in [2.45, 2.75) is 63.9 Å². The molecular formula is C22H29N5O4S. The van der Waals surface area contributed by atoms with Crippen molar-refractivity contribution < 1.29 is 18.0 Å². The fraction of sp³-hybridized carbons (Fsp3) is 0.500. The van der Waals surface area contributed by atoms with Gasteiger partial charge in [-0.2, -0.15) is 9.40 Å². The SMILES string of the molecule is Cc1nn(CC(=O)N2c3ccccc3NC(=O)CC2C)c(C)c1S(=O)(=O)N1CCCCC1. The maximum absolute atomic E-state index is 13.4. The maximum atomic E-state index is 13.4. The van der Waals surface area contributed by atoms with E-state index in [1.54, 1.807) is 36.9 Å². The predicted octanol–water partition coefficient (Wildman–Crippen LogP) is 2.44. The lowest BCUT2D eigenvalue weighted by Gasteiger charge is -2.28. The first-order chi connectivity index (χ1) is 15.2. The molecule has 0 bridgehead atoms. The van der Waals surface area contributed by atoms with Gasteiger partial charge in [-0.15, -0.1) is 0 Å². The normalized spacial score (nSPS) is 19.9. The number of benzene rings is 1. The number of sulfonamides is 1. The molecular weight excluding hydrogens is 430 g/mol. The number of rotatable bonds is 4. The van der Waals surface area contributed by atoms with E-state index in [0.29, 0.717) is 35.9 Å². The summed E-state index contributed by atoms with van der Waals surface area (Å²) in [5.74, 6) is -0.407. The van der Waals surface area contributed by atoms with Crippen molar-refractivity contribution >= 4 is 33.2 Å². The standard InChI is InChI=1S/C22H29N5O4S/c1-15-13-20(28)23-18-9-5-6-10-19(18)27(15)21(29)14-26-17(3)22(16(2)24-26)32(30,31)25-11-7-4-8-12-25/h5-6,9-10,15H,4,7-8,11-14H2,1-3H3,(H,23,28). The second kappa shape index (κ2) is 8.67. The number of amides is 2. The van der Waals surface area contributed by atoms with Crippen LogP contribution in [0.3, 0.4) is 0 Å². The highest BCUT2D eigenvalue weighted by atomic mass is 32.2. The summed E-state index contributed by atoms with van der Waals surface area (Å²) in [4.78, 5) is 27.4. The number of anilines is 2. The Kier molecular flexibility index (Phi) is 6.09. The number of aromatic nitrogens is 2. The molecule has 1 aromatic heterocycles. The van der Waals surface area contributed by atoms with Gasteiger partial charge in [0.2, 0.25) is 21.8 Å². The Hall–Kier alpha value is -2.72. The molecule has 3 heterocycles. The number of aryl methyl sites for hydroxylation is 1. The van der Waals surface area contributed by atoms with E-state index in [1.165, 1.54) is 8.99 Å². The average Bonchev–Trinajstić information content (AvgIpc) is 2.95. The van der Waals surface area contributed by atoms with Crippen LogP contribution in [0.1, 0.15) is 44.0 Å². The molecule has 2 aliphatic heterocycles. The van der Waals surface area contributed by atoms with Crippen molar-refractivity contribution in [2.24, 2.45) is 0 Å². The Labute approximate surface area is 188 Å². The van der Waals surface area contributed by atoms with E-state index >= 15 is 0 Å². The molecule has 1 fully saturated rings. The zero-order chi connectivity index (χ0) is 23.0. The zero-order valence-electron chi connectivity index (χ0n) is 18.7. The Morgan fingerprint density at radius 3 is 2.56 bits per heavy atom. The molecule has 10 heteroatoms. The molecule has 4 rings (SSSR count). The van der Waals surface area contributed by atoms with Crippen molar-refractivity contribution in [1.29, 1.82) is 0 Å². The molecule has 32 heavy (non-hydrogen) atoms. The number of fused-ring (bicyclic) bond motifs is 1. The molecule has 2 aliphatic rings. The van der Waals surface area contributed by atoms with Crippen LogP contribution in [0.4, 0.5) is 11.4 Å². The van der Waals surface area contributed by atoms with E-state index in [4.69, 9.17) is 0 Å². The number of para-hydroxylation sites is 2. The van der Waals surface area contributed by atoms with Gasteiger partial charge in [-0.1, -0.05) is 18.6 Å². The number of carbonyl (C=O) groups is 2. The van der Waals surface area contributed by atoms with Crippen LogP contribution in [0.2, 0.25) is 0 Å². The smallest absolute Gasteiger partial charge is 0.249 e. The van der Waals surface area contributed by atoms with E-state index in [-0.39, 0.29) is 35.7 Å². The first-order valence-electron chi connectivity index (χ1n) is 10.9. The molecule has 0 saturated carbocycles. The fourth-order valence-corrected chi connectivity index (χ4v) is 6.50. The van der Waals surface area contributed by atoms with Gasteiger partial charge in [-0.3, -0.25) is 14.3 Å². The summed E-state index contributed by atoms with van der Waals surface area (Å²) in [5.41, 5.74) is 2.05. The first-order valence-corrected chi connectivity index (χ1v) is 12.4. The molecule has 9 nitrogen and oxygen atoms in total. The summed E-state index contributed by atoms with van der Waals surface area (Å²) < 4.78 is 29.5. The van der Waals surface area contributed by atoms with Crippen LogP contribution in [0.5, 0.6) is 0 Å². The zero-order valence-corrected chi connectivity index (χ0v) is 19.5. The minimum absolute atomic E-state index is 0.116. The molecule has 0 aliphatic carbocycles. The van der Waals surface area contributed by atoms with Gasteiger partial charge in [0.25, 0.3) is 0 Å². The Morgan fingerprint density at radius 2 is 1.84 bits per heavy atom. The van der Waals surface area contributed by atoms with Gasteiger partial charge < -0.3 is 10.2 Å². The van der Waals surface area contributed by atoms with Crippen LogP contribution in [0, 0.1) is 13.8 Å². The van der Waals surface area contributed by atoms with E-state index < -0.39 is 10.0 Å². The number of hydrogen-bond acceptors (Lipinski definition) is 5. The molecule has 0 spiro atoms. The Morgan fingerprint density at radius 1 is 1.16 bits per heavy atom. The summed E-state index contributed by atoms with van der Waals surface area (Å²) >= 11 is 0. The number of hydrogen-bond donors (Lipinski definition) is 1. The van der Waals surface area contributed by atoms with Crippen molar-refractivity contribution in [1.82, 2.24) is 14.1 Å². The Balaban J connectivity index is 1.65. The lowest BCUT2D eigenvalue weighted by atomic mass is 10.1. The summed E-state index contributed by atoms with van der Waals surface area (Å²) in [6, 6.07) is 6.83. The predicted molar refractivity (Wildman–Crippen MR) is 121 cm³/mol. The molecule has 1 N–H and O–H groups in total. The number of piperidine rings is 1. The highest BCUT2D eigenvalue weighted by Crippen LogP contribution is 2.32. The van der Waals surface area contributed by atoms with Crippen LogP contribution < -0.4 is 10.2 Å². The van der Waals surface area contributed by atoms with Gasteiger partial charge in [0.15, 0.2) is 0 Å². The number of carbonyl (C=O) groups excluding carboxylic acids is 2. The molecule has 0 radical (unpaired) electrons. The third-order valence-corrected chi connectivity index (χ3v) is 8.29. The van der Waals surface area contributed by atoms with Gasteiger partial charge in [0, 0.05) is 25.6 Å². The monoisotopic (exact) mass is 459 g/mol. The second-order valence-corrected chi connectivity index (χ2v) is 10.4. The summed E-state index contributed by atoms with van der Waals surface area (Å²) in [7, 11) is -3.67. The van der Waals surface area contributed by atoms with Crippen LogP contribution in [-0.4, -0.2) is 53.4 Å². The highest BCUT2D eigenvalue weighted by molar-refractivity contribution is 7.89. The van der Waals surface area contributed by atoms with Gasteiger partial charge in [0.1, 0.15) is 11.4 Å². The lowest BCUT2D eigenvalue weighted by molar-refractivity contribution is -0.120. The topological polar surface area (TPSA) is 105 Å². The molecule has 2 aromatic rings. The van der Waals surface area contributed by atoms with Crippen LogP contribution in [-0.2, 0) is 26.2 Å². The first kappa shape index (κ1) is 22.5. The lowest BCUT2D eigenvalue weighted by Crippen LogP contribution is -2.41. The summed E-state index contributed by atoms with van der Waals surface area (Å²) in [5, 5.41) is 7.25. The van der Waals surface area contributed by atoms with Crippen molar-refractivity contribution in [3.63, 3.8) is 0 Å². The Bertz CT molecular complexity index is 1150. The van der Waals surface area contributed by atoms with Gasteiger partial charge in [-0.25, -0.2) is 8.42 Å². The number of nitrogens with zero attached hydrogens (tertiary/aromatic N) is 4. The molecule has 1 unspecified atom stereocenters. The minimum Gasteiger partial charge on any atom is -0.324 e. The van der Waals surface area contributed by atoms with Gasteiger partial charge >= 0.3 is 0 Å². The van der Waals surface area contributed by atoms with E-state index in [9.17, 15) is 18.0 Å².